The SMILES string of the molecule is Cc1cccc2c1N(C(=O)CCN)CCS2(=O)=O. The Morgan fingerprint density at radius 1 is 1.44 bits per heavy atom. The van der Waals surface area contributed by atoms with Crippen molar-refractivity contribution < 1.29 is 13.2 Å². The summed E-state index contributed by atoms with van der Waals surface area (Å²) in [7, 11) is -3.27. The minimum Gasteiger partial charge on any atom is -0.330 e. The van der Waals surface area contributed by atoms with E-state index in [0.717, 1.165) is 5.56 Å². The average molecular weight is 268 g/mol. The van der Waals surface area contributed by atoms with Gasteiger partial charge in [0, 0.05) is 19.5 Å². The molecule has 1 aromatic rings. The third-order valence-corrected chi connectivity index (χ3v) is 4.77. The monoisotopic (exact) mass is 268 g/mol. The van der Waals surface area contributed by atoms with Gasteiger partial charge in [-0.05, 0) is 18.6 Å². The summed E-state index contributed by atoms with van der Waals surface area (Å²) in [5.74, 6) is -0.150. The standard InChI is InChI=1S/C12H16N2O3S/c1-9-3-2-4-10-12(9)14(11(15)5-6-13)7-8-18(10,16)17/h2-4H,5-8,13H2,1H3. The molecule has 6 heteroatoms. The molecule has 1 heterocycles. The number of para-hydroxylation sites is 1. The molecule has 0 saturated heterocycles. The van der Waals surface area contributed by atoms with Crippen molar-refractivity contribution in [3.8, 4) is 0 Å². The first-order chi connectivity index (χ1) is 8.47. The van der Waals surface area contributed by atoms with Crippen LogP contribution in [0.15, 0.2) is 23.1 Å². The molecule has 0 saturated carbocycles. The Morgan fingerprint density at radius 2 is 2.17 bits per heavy atom. The summed E-state index contributed by atoms with van der Waals surface area (Å²) in [5.41, 5.74) is 6.69. The summed E-state index contributed by atoms with van der Waals surface area (Å²) in [6.45, 7) is 2.28. The maximum atomic E-state index is 12.0. The minimum absolute atomic E-state index is 0.0280. The van der Waals surface area contributed by atoms with Crippen LogP contribution in [0.4, 0.5) is 5.69 Å². The maximum absolute atomic E-state index is 12.0. The van der Waals surface area contributed by atoms with Gasteiger partial charge >= 0.3 is 0 Å². The van der Waals surface area contributed by atoms with Crippen LogP contribution in [0.25, 0.3) is 0 Å². The van der Waals surface area contributed by atoms with E-state index in [1.54, 1.807) is 17.0 Å². The molecule has 18 heavy (non-hydrogen) atoms. The van der Waals surface area contributed by atoms with E-state index >= 15 is 0 Å². The summed E-state index contributed by atoms with van der Waals surface area (Å²) in [5, 5.41) is 0. The molecule has 2 rings (SSSR count). The van der Waals surface area contributed by atoms with E-state index in [0.29, 0.717) is 5.69 Å². The molecule has 2 N–H and O–H groups in total. The number of sulfone groups is 1. The summed E-state index contributed by atoms with van der Waals surface area (Å²) in [4.78, 5) is 13.8. The highest BCUT2D eigenvalue weighted by Crippen LogP contribution is 2.33. The molecule has 0 aliphatic carbocycles. The highest BCUT2D eigenvalue weighted by Gasteiger charge is 2.32. The van der Waals surface area contributed by atoms with Crippen LogP contribution in [0.5, 0.6) is 0 Å². The van der Waals surface area contributed by atoms with Crippen LogP contribution in [-0.2, 0) is 14.6 Å². The second-order valence-corrected chi connectivity index (χ2v) is 6.40. The fourth-order valence-electron chi connectivity index (χ4n) is 2.17. The lowest BCUT2D eigenvalue weighted by Gasteiger charge is -2.30. The molecule has 0 unspecified atom stereocenters. The number of fused-ring (bicyclic) bond motifs is 1. The molecule has 0 bridgehead atoms. The maximum Gasteiger partial charge on any atom is 0.228 e. The highest BCUT2D eigenvalue weighted by atomic mass is 32.2. The van der Waals surface area contributed by atoms with E-state index in [1.165, 1.54) is 0 Å². The molecule has 1 aromatic carbocycles. The molecule has 5 nitrogen and oxygen atoms in total. The van der Waals surface area contributed by atoms with E-state index in [2.05, 4.69) is 0 Å². The molecule has 98 valence electrons. The predicted octanol–water partition coefficient (Wildman–Crippen LogP) is 0.464. The van der Waals surface area contributed by atoms with Gasteiger partial charge in [-0.2, -0.15) is 0 Å². The Balaban J connectivity index is 2.55. The zero-order chi connectivity index (χ0) is 13.3. The first kappa shape index (κ1) is 13.0. The lowest BCUT2D eigenvalue weighted by atomic mass is 10.1. The van der Waals surface area contributed by atoms with Gasteiger partial charge < -0.3 is 10.6 Å². The van der Waals surface area contributed by atoms with E-state index in [1.807, 2.05) is 13.0 Å². The zero-order valence-electron chi connectivity index (χ0n) is 10.2. The van der Waals surface area contributed by atoms with Crippen LogP contribution in [0.1, 0.15) is 12.0 Å². The van der Waals surface area contributed by atoms with Crippen LogP contribution in [0, 0.1) is 6.92 Å². The van der Waals surface area contributed by atoms with Gasteiger partial charge in [0.05, 0.1) is 16.3 Å². The zero-order valence-corrected chi connectivity index (χ0v) is 11.0. The molecular formula is C12H16N2O3S. The molecule has 0 spiro atoms. The molecule has 0 aromatic heterocycles. The summed E-state index contributed by atoms with van der Waals surface area (Å²) in [6, 6.07) is 5.06. The number of hydrogen-bond donors (Lipinski definition) is 1. The van der Waals surface area contributed by atoms with Crippen LogP contribution >= 0.6 is 0 Å². The number of benzene rings is 1. The second-order valence-electron chi connectivity index (χ2n) is 4.32. The van der Waals surface area contributed by atoms with Gasteiger partial charge in [0.25, 0.3) is 0 Å². The lowest BCUT2D eigenvalue weighted by molar-refractivity contribution is -0.118. The number of hydrogen-bond acceptors (Lipinski definition) is 4. The van der Waals surface area contributed by atoms with Crippen LogP contribution in [0.2, 0.25) is 0 Å². The molecular weight excluding hydrogens is 252 g/mol. The summed E-state index contributed by atoms with van der Waals surface area (Å²) < 4.78 is 24.0. The number of carbonyl (C=O) groups excluding carboxylic acids is 1. The molecule has 1 aliphatic heterocycles. The van der Waals surface area contributed by atoms with Crippen molar-refractivity contribution in [3.05, 3.63) is 23.8 Å². The predicted molar refractivity (Wildman–Crippen MR) is 69.3 cm³/mol. The van der Waals surface area contributed by atoms with E-state index in [9.17, 15) is 13.2 Å². The van der Waals surface area contributed by atoms with Gasteiger partial charge in [-0.25, -0.2) is 8.42 Å². The normalized spacial score (nSPS) is 17.3. The van der Waals surface area contributed by atoms with Crippen LogP contribution in [0.3, 0.4) is 0 Å². The van der Waals surface area contributed by atoms with Crippen molar-refractivity contribution in [1.82, 2.24) is 0 Å². The Bertz CT molecular complexity index is 581. The van der Waals surface area contributed by atoms with Crippen LogP contribution < -0.4 is 10.6 Å². The first-order valence-corrected chi connectivity index (χ1v) is 7.45. The highest BCUT2D eigenvalue weighted by molar-refractivity contribution is 7.91. The van der Waals surface area contributed by atoms with Crippen LogP contribution in [-0.4, -0.2) is 33.2 Å². The van der Waals surface area contributed by atoms with Gasteiger partial charge in [-0.3, -0.25) is 4.79 Å². The number of aryl methyl sites for hydroxylation is 1. The Hall–Kier alpha value is -1.40. The molecule has 0 radical (unpaired) electrons. The van der Waals surface area contributed by atoms with E-state index < -0.39 is 9.84 Å². The summed E-state index contributed by atoms with van der Waals surface area (Å²) >= 11 is 0. The van der Waals surface area contributed by atoms with Gasteiger partial charge in [-0.15, -0.1) is 0 Å². The number of carbonyl (C=O) groups is 1. The Labute approximate surface area is 107 Å². The van der Waals surface area contributed by atoms with Crippen molar-refractivity contribution in [1.29, 1.82) is 0 Å². The number of nitrogens with two attached hydrogens (primary N) is 1. The quantitative estimate of drug-likeness (QED) is 0.845. The average Bonchev–Trinajstić information content (AvgIpc) is 2.30. The smallest absolute Gasteiger partial charge is 0.228 e. The topological polar surface area (TPSA) is 80.5 Å². The largest absolute Gasteiger partial charge is 0.330 e. The molecule has 0 fully saturated rings. The Kier molecular flexibility index (Phi) is 3.41. The van der Waals surface area contributed by atoms with Crippen molar-refractivity contribution in [3.63, 3.8) is 0 Å². The Morgan fingerprint density at radius 3 is 2.83 bits per heavy atom. The van der Waals surface area contributed by atoms with Gasteiger partial charge in [0.1, 0.15) is 0 Å². The second kappa shape index (κ2) is 4.70. The minimum atomic E-state index is -3.27. The van der Waals surface area contributed by atoms with Crippen molar-refractivity contribution in [2.75, 3.05) is 23.7 Å². The first-order valence-electron chi connectivity index (χ1n) is 5.80. The number of amides is 1. The van der Waals surface area contributed by atoms with Gasteiger partial charge in [-0.1, -0.05) is 12.1 Å². The van der Waals surface area contributed by atoms with Crippen molar-refractivity contribution >= 4 is 21.4 Å². The fourth-order valence-corrected chi connectivity index (χ4v) is 3.66. The summed E-state index contributed by atoms with van der Waals surface area (Å²) in [6.07, 6.45) is 0.230. The number of anilines is 1. The van der Waals surface area contributed by atoms with Gasteiger partial charge in [0.15, 0.2) is 9.84 Å². The molecule has 1 amide bonds. The third kappa shape index (κ3) is 2.13. The molecule has 1 aliphatic rings. The van der Waals surface area contributed by atoms with Gasteiger partial charge in [0.2, 0.25) is 5.91 Å². The van der Waals surface area contributed by atoms with Crippen molar-refractivity contribution in [2.45, 2.75) is 18.2 Å². The molecule has 0 atom stereocenters. The number of rotatable bonds is 2. The number of nitrogens with zero attached hydrogens (tertiary/aromatic N) is 1. The van der Waals surface area contributed by atoms with Crippen molar-refractivity contribution in [2.24, 2.45) is 5.73 Å². The lowest BCUT2D eigenvalue weighted by Crippen LogP contribution is -2.41. The third-order valence-electron chi connectivity index (χ3n) is 3.05. The fraction of sp³-hybridized carbons (Fsp3) is 0.417. The van der Waals surface area contributed by atoms with E-state index in [-0.39, 0.29) is 36.1 Å². The van der Waals surface area contributed by atoms with E-state index in [4.69, 9.17) is 5.73 Å².